The first-order valence-electron chi connectivity index (χ1n) is 10.7. The normalized spacial score (nSPS) is 17.0. The van der Waals surface area contributed by atoms with Crippen LogP contribution in [0.25, 0.3) is 5.78 Å². The average molecular weight is 407 g/mol. The Hall–Kier alpha value is -2.80. The number of aromatic nitrogens is 4. The van der Waals surface area contributed by atoms with Crippen LogP contribution in [0.4, 0.5) is 0 Å². The van der Waals surface area contributed by atoms with E-state index in [1.54, 1.807) is 4.52 Å². The van der Waals surface area contributed by atoms with Gasteiger partial charge in [0.15, 0.2) is 0 Å². The molecule has 1 aliphatic rings. The van der Waals surface area contributed by atoms with Gasteiger partial charge in [-0.2, -0.15) is 10.1 Å². The van der Waals surface area contributed by atoms with Crippen LogP contribution in [0.5, 0.6) is 0 Å². The lowest BCUT2D eigenvalue weighted by Crippen LogP contribution is -2.34. The number of nitrogens with one attached hydrogen (secondary N) is 1. The number of amides is 1. The first kappa shape index (κ1) is 20.5. The summed E-state index contributed by atoms with van der Waals surface area (Å²) in [7, 11) is 0. The number of hydrogen-bond donors (Lipinski definition) is 1. The molecule has 2 aromatic heterocycles. The Labute approximate surface area is 177 Å². The molecule has 0 aliphatic carbocycles. The van der Waals surface area contributed by atoms with E-state index in [9.17, 15) is 4.79 Å². The van der Waals surface area contributed by atoms with Crippen LogP contribution in [0.15, 0.2) is 30.6 Å². The quantitative estimate of drug-likeness (QED) is 0.653. The highest BCUT2D eigenvalue weighted by Crippen LogP contribution is 2.28. The molecule has 4 rings (SSSR count). The van der Waals surface area contributed by atoms with Crippen LogP contribution in [0, 0.1) is 20.8 Å². The molecule has 1 atom stereocenters. The lowest BCUT2D eigenvalue weighted by Gasteiger charge is -2.17. The van der Waals surface area contributed by atoms with E-state index in [1.807, 2.05) is 13.8 Å². The summed E-state index contributed by atoms with van der Waals surface area (Å²) in [6, 6.07) is 8.67. The first-order chi connectivity index (χ1) is 14.5. The van der Waals surface area contributed by atoms with Crippen molar-refractivity contribution < 1.29 is 4.79 Å². The van der Waals surface area contributed by atoms with Gasteiger partial charge in [0, 0.05) is 37.4 Å². The summed E-state index contributed by atoms with van der Waals surface area (Å²) in [6.07, 6.45) is 3.81. The first-order valence-corrected chi connectivity index (χ1v) is 10.7. The fraction of sp³-hybridized carbons (Fsp3) is 0.478. The molecule has 7 nitrogen and oxygen atoms in total. The van der Waals surface area contributed by atoms with Crippen molar-refractivity contribution in [2.45, 2.75) is 46.0 Å². The molecule has 0 saturated carbocycles. The molecule has 30 heavy (non-hydrogen) atoms. The summed E-state index contributed by atoms with van der Waals surface area (Å²) in [5.74, 6) is 1.29. The summed E-state index contributed by atoms with van der Waals surface area (Å²) in [5, 5.41) is 7.29. The molecular weight excluding hydrogens is 376 g/mol. The Morgan fingerprint density at radius 1 is 1.23 bits per heavy atom. The predicted octanol–water partition coefficient (Wildman–Crippen LogP) is 2.59. The minimum absolute atomic E-state index is 0.0853. The Balaban J connectivity index is 1.23. The molecular formula is C23H30N6O. The number of rotatable bonds is 7. The SMILES string of the molecule is Cc1ccccc1C1CCN(CCNC(=O)CCc2c(C)nc3ncnn3c2C)C1. The molecule has 3 heterocycles. The number of carbonyl (C=O) groups excluding carboxylic acids is 1. The molecule has 1 fully saturated rings. The topological polar surface area (TPSA) is 75.4 Å². The lowest BCUT2D eigenvalue weighted by molar-refractivity contribution is -0.121. The van der Waals surface area contributed by atoms with Crippen molar-refractivity contribution in [1.29, 1.82) is 0 Å². The minimum atomic E-state index is 0.0853. The van der Waals surface area contributed by atoms with Crippen LogP contribution in [0.3, 0.4) is 0 Å². The van der Waals surface area contributed by atoms with Crippen LogP contribution in [0.1, 0.15) is 46.8 Å². The molecule has 158 valence electrons. The second-order valence-corrected chi connectivity index (χ2v) is 8.23. The molecule has 0 radical (unpaired) electrons. The van der Waals surface area contributed by atoms with Crippen molar-refractivity contribution in [3.8, 4) is 0 Å². The standard InChI is InChI=1S/C23H30N6O/c1-16-6-4-5-7-20(16)19-10-12-28(14-19)13-11-24-22(30)9-8-21-17(2)27-23-25-15-26-29(23)18(21)3/h4-7,15,19H,8-14H2,1-3H3,(H,24,30). The summed E-state index contributed by atoms with van der Waals surface area (Å²) < 4.78 is 1.73. The number of aryl methyl sites for hydroxylation is 3. The van der Waals surface area contributed by atoms with Crippen molar-refractivity contribution in [3.63, 3.8) is 0 Å². The molecule has 1 aliphatic heterocycles. The number of hydrogen-bond acceptors (Lipinski definition) is 5. The fourth-order valence-corrected chi connectivity index (χ4v) is 4.53. The van der Waals surface area contributed by atoms with Gasteiger partial charge in [-0.15, -0.1) is 0 Å². The van der Waals surface area contributed by atoms with E-state index < -0.39 is 0 Å². The molecule has 0 bridgehead atoms. The molecule has 0 spiro atoms. The zero-order chi connectivity index (χ0) is 21.1. The monoisotopic (exact) mass is 406 g/mol. The number of nitrogens with zero attached hydrogens (tertiary/aromatic N) is 5. The minimum Gasteiger partial charge on any atom is -0.355 e. The summed E-state index contributed by atoms with van der Waals surface area (Å²) in [4.78, 5) is 23.4. The number of benzene rings is 1. The Kier molecular flexibility index (Phi) is 6.08. The second-order valence-electron chi connectivity index (χ2n) is 8.23. The molecule has 1 amide bonds. The molecule has 1 saturated heterocycles. The highest BCUT2D eigenvalue weighted by atomic mass is 16.1. The average Bonchev–Trinajstić information content (AvgIpc) is 3.38. The number of likely N-dealkylation sites (tertiary alicyclic amines) is 1. The van der Waals surface area contributed by atoms with Crippen LogP contribution in [-0.4, -0.2) is 56.6 Å². The third kappa shape index (κ3) is 4.36. The van der Waals surface area contributed by atoms with Crippen LogP contribution in [-0.2, 0) is 11.2 Å². The van der Waals surface area contributed by atoms with Gasteiger partial charge in [0.2, 0.25) is 5.91 Å². The van der Waals surface area contributed by atoms with E-state index in [4.69, 9.17) is 0 Å². The van der Waals surface area contributed by atoms with Crippen molar-refractivity contribution in [2.75, 3.05) is 26.2 Å². The van der Waals surface area contributed by atoms with E-state index in [0.29, 0.717) is 31.1 Å². The van der Waals surface area contributed by atoms with Gasteiger partial charge in [-0.05, 0) is 62.8 Å². The van der Waals surface area contributed by atoms with Crippen molar-refractivity contribution in [1.82, 2.24) is 29.8 Å². The lowest BCUT2D eigenvalue weighted by atomic mass is 9.94. The Bertz CT molecular complexity index is 1040. The Morgan fingerprint density at radius 3 is 2.90 bits per heavy atom. The van der Waals surface area contributed by atoms with Crippen LogP contribution >= 0.6 is 0 Å². The van der Waals surface area contributed by atoms with Crippen LogP contribution in [0.2, 0.25) is 0 Å². The summed E-state index contributed by atoms with van der Waals surface area (Å²) in [5.41, 5.74) is 5.83. The van der Waals surface area contributed by atoms with Crippen molar-refractivity contribution in [2.24, 2.45) is 0 Å². The summed E-state index contributed by atoms with van der Waals surface area (Å²) >= 11 is 0. The maximum absolute atomic E-state index is 12.4. The smallest absolute Gasteiger partial charge is 0.252 e. The van der Waals surface area contributed by atoms with Gasteiger partial charge in [-0.25, -0.2) is 9.50 Å². The molecule has 7 heteroatoms. The maximum Gasteiger partial charge on any atom is 0.252 e. The van der Waals surface area contributed by atoms with Gasteiger partial charge >= 0.3 is 0 Å². The van der Waals surface area contributed by atoms with E-state index in [2.05, 4.69) is 56.5 Å². The van der Waals surface area contributed by atoms with Crippen LogP contribution < -0.4 is 5.32 Å². The van der Waals surface area contributed by atoms with E-state index in [1.165, 1.54) is 23.9 Å². The molecule has 1 unspecified atom stereocenters. The highest BCUT2D eigenvalue weighted by molar-refractivity contribution is 5.76. The zero-order valence-electron chi connectivity index (χ0n) is 18.1. The van der Waals surface area contributed by atoms with Gasteiger partial charge in [0.05, 0.1) is 0 Å². The fourth-order valence-electron chi connectivity index (χ4n) is 4.53. The van der Waals surface area contributed by atoms with E-state index >= 15 is 0 Å². The van der Waals surface area contributed by atoms with Gasteiger partial charge in [0.25, 0.3) is 5.78 Å². The van der Waals surface area contributed by atoms with E-state index in [-0.39, 0.29) is 5.91 Å². The highest BCUT2D eigenvalue weighted by Gasteiger charge is 2.24. The van der Waals surface area contributed by atoms with Gasteiger partial charge < -0.3 is 10.2 Å². The van der Waals surface area contributed by atoms with Crippen molar-refractivity contribution in [3.05, 3.63) is 58.7 Å². The van der Waals surface area contributed by atoms with Gasteiger partial charge in [-0.3, -0.25) is 4.79 Å². The predicted molar refractivity (Wildman–Crippen MR) is 117 cm³/mol. The Morgan fingerprint density at radius 2 is 2.07 bits per heavy atom. The third-order valence-electron chi connectivity index (χ3n) is 6.24. The maximum atomic E-state index is 12.4. The molecule has 1 aromatic carbocycles. The number of carbonyl (C=O) groups is 1. The second kappa shape index (κ2) is 8.92. The van der Waals surface area contributed by atoms with E-state index in [0.717, 1.165) is 36.6 Å². The molecule has 3 aromatic rings. The molecule has 1 N–H and O–H groups in total. The summed E-state index contributed by atoms with van der Waals surface area (Å²) in [6.45, 7) is 9.92. The van der Waals surface area contributed by atoms with Gasteiger partial charge in [0.1, 0.15) is 6.33 Å². The third-order valence-corrected chi connectivity index (χ3v) is 6.24. The van der Waals surface area contributed by atoms with Crippen molar-refractivity contribution >= 4 is 11.7 Å². The number of fused-ring (bicyclic) bond motifs is 1. The largest absolute Gasteiger partial charge is 0.355 e. The van der Waals surface area contributed by atoms with Gasteiger partial charge in [-0.1, -0.05) is 24.3 Å². The zero-order valence-corrected chi connectivity index (χ0v) is 18.1.